The van der Waals surface area contributed by atoms with Gasteiger partial charge in [-0.15, -0.1) is 0 Å². The number of hydrogen-bond acceptors (Lipinski definition) is 6. The zero-order chi connectivity index (χ0) is 22.7. The Morgan fingerprint density at radius 2 is 1.91 bits per heavy atom. The molecule has 2 N–H and O–H groups in total. The zero-order valence-electron chi connectivity index (χ0n) is 16.6. The minimum Gasteiger partial charge on any atom is -0.468 e. The van der Waals surface area contributed by atoms with Crippen LogP contribution in [-0.4, -0.2) is 56.7 Å². The van der Waals surface area contributed by atoms with E-state index in [2.05, 4.69) is 20.4 Å². The SMILES string of the molecule is O=C(NCCO)c1nccc2nn(Cc3cnc(OCC(F)(F)F)c4ccccc34)cc12. The van der Waals surface area contributed by atoms with E-state index < -0.39 is 18.7 Å². The summed E-state index contributed by atoms with van der Waals surface area (Å²) in [5.41, 5.74) is 1.45. The topological polar surface area (TPSA) is 102 Å². The van der Waals surface area contributed by atoms with Crippen molar-refractivity contribution in [2.75, 3.05) is 19.8 Å². The van der Waals surface area contributed by atoms with Gasteiger partial charge < -0.3 is 15.2 Å². The molecule has 0 aliphatic carbocycles. The van der Waals surface area contributed by atoms with Crippen molar-refractivity contribution in [1.29, 1.82) is 0 Å². The number of nitrogens with zero attached hydrogens (tertiary/aromatic N) is 4. The minimum absolute atomic E-state index is 0.0978. The van der Waals surface area contributed by atoms with Gasteiger partial charge in [-0.3, -0.25) is 14.5 Å². The quantitative estimate of drug-likeness (QED) is 0.454. The zero-order valence-corrected chi connectivity index (χ0v) is 16.6. The van der Waals surface area contributed by atoms with Crippen LogP contribution in [0.2, 0.25) is 0 Å². The highest BCUT2D eigenvalue weighted by molar-refractivity contribution is 6.04. The highest BCUT2D eigenvalue weighted by Gasteiger charge is 2.29. The normalized spacial score (nSPS) is 11.8. The molecule has 4 rings (SSSR count). The van der Waals surface area contributed by atoms with E-state index >= 15 is 0 Å². The van der Waals surface area contributed by atoms with Gasteiger partial charge in [-0.2, -0.15) is 18.3 Å². The number of fused-ring (bicyclic) bond motifs is 2. The average Bonchev–Trinajstić information content (AvgIpc) is 3.19. The third kappa shape index (κ3) is 4.62. The Labute approximate surface area is 179 Å². The van der Waals surface area contributed by atoms with Gasteiger partial charge in [0.2, 0.25) is 5.88 Å². The van der Waals surface area contributed by atoms with Gasteiger partial charge >= 0.3 is 6.18 Å². The largest absolute Gasteiger partial charge is 0.468 e. The molecule has 1 aromatic carbocycles. The van der Waals surface area contributed by atoms with Crippen molar-refractivity contribution in [2.24, 2.45) is 0 Å². The summed E-state index contributed by atoms with van der Waals surface area (Å²) in [5, 5.41) is 17.6. The molecule has 8 nitrogen and oxygen atoms in total. The van der Waals surface area contributed by atoms with Crippen LogP contribution in [0.1, 0.15) is 16.1 Å². The van der Waals surface area contributed by atoms with Crippen molar-refractivity contribution in [3.05, 3.63) is 60.2 Å². The molecule has 0 saturated heterocycles. The summed E-state index contributed by atoms with van der Waals surface area (Å²) in [6.07, 6.45) is 0.121. The van der Waals surface area contributed by atoms with Crippen LogP contribution in [0.5, 0.6) is 5.88 Å². The molecular formula is C21H18F3N5O3. The molecule has 3 aromatic heterocycles. The number of aliphatic hydroxyl groups excluding tert-OH is 1. The van der Waals surface area contributed by atoms with E-state index in [1.165, 1.54) is 12.4 Å². The van der Waals surface area contributed by atoms with E-state index in [4.69, 9.17) is 9.84 Å². The number of nitrogens with one attached hydrogen (secondary N) is 1. The molecule has 0 fully saturated rings. The molecule has 0 aliphatic rings. The number of pyridine rings is 2. The summed E-state index contributed by atoms with van der Waals surface area (Å²) in [4.78, 5) is 20.5. The second-order valence-corrected chi connectivity index (χ2v) is 6.94. The first-order chi connectivity index (χ1) is 15.4. The van der Waals surface area contributed by atoms with Crippen molar-refractivity contribution in [2.45, 2.75) is 12.7 Å². The molecule has 4 aromatic rings. The van der Waals surface area contributed by atoms with Crippen LogP contribution in [0.3, 0.4) is 0 Å². The lowest BCUT2D eigenvalue weighted by Gasteiger charge is -2.13. The van der Waals surface area contributed by atoms with Gasteiger partial charge in [0.15, 0.2) is 6.61 Å². The van der Waals surface area contributed by atoms with Crippen molar-refractivity contribution < 1.29 is 27.8 Å². The number of aliphatic hydroxyl groups is 1. The predicted octanol–water partition coefficient (Wildman–Crippen LogP) is 2.69. The Morgan fingerprint density at radius 3 is 2.66 bits per heavy atom. The van der Waals surface area contributed by atoms with E-state index in [1.807, 2.05) is 0 Å². The number of benzene rings is 1. The van der Waals surface area contributed by atoms with Crippen LogP contribution in [0.15, 0.2) is 48.9 Å². The number of amides is 1. The van der Waals surface area contributed by atoms with Crippen LogP contribution < -0.4 is 10.1 Å². The van der Waals surface area contributed by atoms with Gasteiger partial charge in [0.1, 0.15) is 5.69 Å². The summed E-state index contributed by atoms with van der Waals surface area (Å²) >= 11 is 0. The fourth-order valence-electron chi connectivity index (χ4n) is 3.30. The third-order valence-corrected chi connectivity index (χ3v) is 4.64. The lowest BCUT2D eigenvalue weighted by Crippen LogP contribution is -2.27. The number of rotatable bonds is 7. The lowest BCUT2D eigenvalue weighted by atomic mass is 10.1. The molecule has 0 saturated carbocycles. The number of hydrogen-bond donors (Lipinski definition) is 2. The van der Waals surface area contributed by atoms with Gasteiger partial charge in [0.25, 0.3) is 5.91 Å². The Balaban J connectivity index is 1.66. The average molecular weight is 445 g/mol. The summed E-state index contributed by atoms with van der Waals surface area (Å²) < 4.78 is 44.2. The van der Waals surface area contributed by atoms with Crippen molar-refractivity contribution in [1.82, 2.24) is 25.1 Å². The number of carbonyl (C=O) groups is 1. The third-order valence-electron chi connectivity index (χ3n) is 4.64. The van der Waals surface area contributed by atoms with Gasteiger partial charge in [-0.1, -0.05) is 18.2 Å². The highest BCUT2D eigenvalue weighted by Crippen LogP contribution is 2.28. The number of alkyl halides is 3. The predicted molar refractivity (Wildman–Crippen MR) is 109 cm³/mol. The van der Waals surface area contributed by atoms with Crippen LogP contribution in [-0.2, 0) is 6.54 Å². The van der Waals surface area contributed by atoms with Gasteiger partial charge in [-0.05, 0) is 23.1 Å². The molecule has 11 heteroatoms. The van der Waals surface area contributed by atoms with Crippen molar-refractivity contribution >= 4 is 27.6 Å². The Bertz CT molecular complexity index is 1270. The maximum Gasteiger partial charge on any atom is 0.422 e. The smallest absolute Gasteiger partial charge is 0.422 e. The van der Waals surface area contributed by atoms with Crippen LogP contribution in [0.4, 0.5) is 13.2 Å². The van der Waals surface area contributed by atoms with Crippen molar-refractivity contribution in [3.63, 3.8) is 0 Å². The molecule has 0 aliphatic heterocycles. The molecule has 0 atom stereocenters. The Hall–Kier alpha value is -3.73. The lowest BCUT2D eigenvalue weighted by molar-refractivity contribution is -0.153. The first-order valence-electron chi connectivity index (χ1n) is 9.63. The molecule has 3 heterocycles. The second kappa shape index (κ2) is 8.79. The Kier molecular flexibility index (Phi) is 5.91. The van der Waals surface area contributed by atoms with Gasteiger partial charge in [-0.25, -0.2) is 4.98 Å². The molecule has 0 unspecified atom stereocenters. The fourth-order valence-corrected chi connectivity index (χ4v) is 3.30. The second-order valence-electron chi connectivity index (χ2n) is 6.94. The molecule has 166 valence electrons. The van der Waals surface area contributed by atoms with E-state index in [1.54, 1.807) is 41.2 Å². The molecule has 0 radical (unpaired) electrons. The molecule has 1 amide bonds. The summed E-state index contributed by atoms with van der Waals surface area (Å²) in [7, 11) is 0. The van der Waals surface area contributed by atoms with E-state index in [0.29, 0.717) is 27.2 Å². The minimum atomic E-state index is -4.47. The number of ether oxygens (including phenoxy) is 1. The maximum atomic E-state index is 12.6. The van der Waals surface area contributed by atoms with E-state index in [-0.39, 0.29) is 31.3 Å². The Morgan fingerprint density at radius 1 is 1.12 bits per heavy atom. The van der Waals surface area contributed by atoms with Crippen LogP contribution in [0.25, 0.3) is 21.7 Å². The summed E-state index contributed by atoms with van der Waals surface area (Å²) in [6, 6.07) is 8.54. The monoisotopic (exact) mass is 445 g/mol. The van der Waals surface area contributed by atoms with E-state index in [9.17, 15) is 18.0 Å². The standard InChI is InChI=1S/C21H18F3N5O3/c22-21(23,24)12-32-20-15-4-2-1-3-14(15)13(9-27-20)10-29-11-16-17(28-29)5-6-25-18(16)19(31)26-7-8-30/h1-6,9,11,30H,7-8,10,12H2,(H,26,31). The summed E-state index contributed by atoms with van der Waals surface area (Å²) in [5.74, 6) is -0.526. The highest BCUT2D eigenvalue weighted by atomic mass is 19.4. The van der Waals surface area contributed by atoms with Crippen LogP contribution >= 0.6 is 0 Å². The van der Waals surface area contributed by atoms with E-state index in [0.717, 1.165) is 0 Å². The number of carbonyl (C=O) groups excluding carboxylic acids is 1. The molecule has 32 heavy (non-hydrogen) atoms. The molecule has 0 spiro atoms. The summed E-state index contributed by atoms with van der Waals surface area (Å²) in [6.45, 7) is -1.25. The molecule has 0 bridgehead atoms. The number of halogens is 3. The number of aromatic nitrogens is 4. The van der Waals surface area contributed by atoms with Gasteiger partial charge in [0, 0.05) is 30.5 Å². The fraction of sp³-hybridized carbons (Fsp3) is 0.238. The molecular weight excluding hydrogens is 427 g/mol. The van der Waals surface area contributed by atoms with Gasteiger partial charge in [0.05, 0.1) is 24.1 Å². The van der Waals surface area contributed by atoms with Crippen molar-refractivity contribution in [3.8, 4) is 5.88 Å². The van der Waals surface area contributed by atoms with Crippen LogP contribution in [0, 0.1) is 0 Å². The first kappa shape index (κ1) is 21.5. The first-order valence-corrected chi connectivity index (χ1v) is 9.63. The maximum absolute atomic E-state index is 12.6.